The lowest BCUT2D eigenvalue weighted by atomic mass is 10.1. The van der Waals surface area contributed by atoms with E-state index < -0.39 is 139 Å². The molecule has 0 aliphatic carbocycles. The highest BCUT2D eigenvalue weighted by atomic mass is 32.2. The Labute approximate surface area is 476 Å². The van der Waals surface area contributed by atoms with Crippen LogP contribution in [-0.2, 0) is 40.9 Å². The molecular weight excluding hydrogens is 1160 g/mol. The Kier molecular flexibility index (Phi) is 20.8. The number of carboxylic acid groups (broad SMARTS) is 4. The van der Waals surface area contributed by atoms with Crippen LogP contribution < -0.4 is 22.9 Å². The van der Waals surface area contributed by atoms with Crippen LogP contribution in [0.4, 0.5) is 23.0 Å². The average molecular weight is 1220 g/mol. The van der Waals surface area contributed by atoms with Gasteiger partial charge in [0.05, 0.1) is 22.5 Å². The Bertz CT molecular complexity index is 3330. The number of nitro groups is 2. The number of aliphatic carboxylic acids is 2. The van der Waals surface area contributed by atoms with Gasteiger partial charge in [-0.1, -0.05) is 11.8 Å². The Hall–Kier alpha value is -7.10. The van der Waals surface area contributed by atoms with Crippen LogP contribution in [0.3, 0.4) is 0 Å². The summed E-state index contributed by atoms with van der Waals surface area (Å²) >= 11 is 2.53. The molecule has 3 unspecified atom stereocenters. The molecule has 82 heavy (non-hydrogen) atoms. The first-order valence-electron chi connectivity index (χ1n) is 24.4. The number of thioether (sulfide) groups is 2. The summed E-state index contributed by atoms with van der Waals surface area (Å²) in [5.74, 6) is -2.70. The van der Waals surface area contributed by atoms with Gasteiger partial charge in [-0.3, -0.25) is 39.0 Å². The van der Waals surface area contributed by atoms with Gasteiger partial charge in [-0.15, -0.1) is 11.8 Å². The lowest BCUT2D eigenvalue weighted by Crippen LogP contribution is -2.40. The van der Waals surface area contributed by atoms with Gasteiger partial charge in [0, 0.05) is 51.4 Å². The van der Waals surface area contributed by atoms with Gasteiger partial charge in [-0.25, -0.2) is 39.5 Å². The second-order valence-electron chi connectivity index (χ2n) is 18.3. The minimum absolute atomic E-state index is 0.112. The number of nitrogens with two attached hydrogens (primary N) is 4. The molecule has 8 rings (SSSR count). The summed E-state index contributed by atoms with van der Waals surface area (Å²) in [6.07, 6.45) is -3.45. The van der Waals surface area contributed by atoms with Crippen LogP contribution in [0.25, 0.3) is 22.3 Å². The Balaban J connectivity index is 0.000000236. The molecule has 6 aromatic rings. The van der Waals surface area contributed by atoms with Crippen molar-refractivity contribution >= 4 is 115 Å². The fraction of sp³-hybridized carbons (Fsp3) is 0.435. The maximum absolute atomic E-state index is 11.6. The largest absolute Gasteiger partial charge is 0.480 e. The second kappa shape index (κ2) is 27.3. The predicted octanol–water partition coefficient (Wildman–Crippen LogP) is 0.0394. The molecule has 2 aliphatic heterocycles. The molecule has 13 atom stereocenters. The van der Waals surface area contributed by atoms with Gasteiger partial charge in [0.2, 0.25) is 0 Å². The molecule has 6 heterocycles. The van der Waals surface area contributed by atoms with Crippen LogP contribution in [0.5, 0.6) is 0 Å². The summed E-state index contributed by atoms with van der Waals surface area (Å²) in [6, 6.07) is 5.40. The van der Waals surface area contributed by atoms with Crippen molar-refractivity contribution in [2.24, 2.45) is 11.5 Å². The number of nitrogen functional groups attached to an aromatic ring is 2. The first-order chi connectivity index (χ1) is 38.9. The van der Waals surface area contributed by atoms with Gasteiger partial charge >= 0.3 is 23.9 Å². The fourth-order valence-electron chi connectivity index (χ4n) is 8.61. The number of aromatic nitrogens is 8. The lowest BCUT2D eigenvalue weighted by Gasteiger charge is -2.21. The maximum atomic E-state index is 11.6. The number of aliphatic hydroxyl groups is 4. The van der Waals surface area contributed by atoms with E-state index in [4.69, 9.17) is 32.4 Å². The number of anilines is 2. The summed E-state index contributed by atoms with van der Waals surface area (Å²) in [5.41, 5.74) is 22.5. The van der Waals surface area contributed by atoms with E-state index in [1.807, 2.05) is 6.92 Å². The number of ether oxygens (including phenoxy) is 2. The van der Waals surface area contributed by atoms with Crippen molar-refractivity contribution in [3.05, 3.63) is 93.1 Å². The average Bonchev–Trinajstić information content (AvgIpc) is 4.11. The van der Waals surface area contributed by atoms with Crippen molar-refractivity contribution in [3.8, 4) is 0 Å². The number of hydrogen-bond acceptors (Lipinski definition) is 26. The van der Waals surface area contributed by atoms with Gasteiger partial charge in [-0.2, -0.15) is 0 Å². The van der Waals surface area contributed by atoms with E-state index in [1.54, 1.807) is 0 Å². The van der Waals surface area contributed by atoms with Crippen molar-refractivity contribution in [1.29, 1.82) is 0 Å². The first-order valence-corrected chi connectivity index (χ1v) is 29.6. The number of nitro benzene ring substituents is 2. The second-order valence-corrected chi connectivity index (χ2v) is 26.1. The number of hydrogen-bond donors (Lipinski definition) is 12. The zero-order valence-corrected chi connectivity index (χ0v) is 46.1. The third-order valence-corrected chi connectivity index (χ3v) is 21.1. The normalized spacial score (nSPS) is 22.4. The van der Waals surface area contributed by atoms with E-state index in [0.29, 0.717) is 55.1 Å². The van der Waals surface area contributed by atoms with Gasteiger partial charge in [0.1, 0.15) is 112 Å². The van der Waals surface area contributed by atoms with E-state index in [9.17, 15) is 80.3 Å². The minimum Gasteiger partial charge on any atom is -0.480 e. The SMILES string of the molecule is CC(Sc1ccc([N+](=O)[O-])c(C(=O)O)c1)[S+](CC[C@H](N)C(=O)O)C[C@H]1O[C@@H](n2cnc3c(N)ncnc32)[C@H](O)[C@@H]1O.Nc1ncnc2c1ncn2[C@@H]1O[C@H](C[S+](CCSc2ccc([N+](=O)[O-])c(C(=O)O)c2)CC[C@H](N)C(=O)O)[C@@H](O)[C@H]1O. The molecule has 0 amide bonds. The number of fused-ring (bicyclic) bond motifs is 2. The van der Waals surface area contributed by atoms with E-state index >= 15 is 0 Å². The standard InChI is InChI=1S/2C23H27N7O9S2/c1-10(40-11-2-3-14(30(37)38)12(6-11)22(33)34)41(5-4-13(24)23(35)36)7-15-17(31)18(32)21(39-15)29-9-28-16-19(25)26-8-27-20(16)29;24-13(23(35)36)3-5-41(6-4-40-11-1-2-14(30(37)38)12(7-11)22(33)34)8-15-17(31)18(32)21(39-15)29-10-28-16-19(25)26-9-27-20(16)29/h2-3,6,8-10,13,15,17-18,21,31-32H,4-5,7,24H2,1H3,(H3-,25,26,27,33,34,35,36);1-2,7,9-10,13,15,17-18,21,31-32H,3-6,8,24H2,(H3-,25,26,27,33,34,35,36)/p+2/t10?,13-,15+,17+,18+,21+,41?;13-,15+,17+,18+,21+,41?/m00/s1. The van der Waals surface area contributed by atoms with Crippen molar-refractivity contribution in [2.45, 2.75) is 95.3 Å². The molecule has 2 fully saturated rings. The monoisotopic (exact) mass is 1220 g/mol. The fourth-order valence-corrected chi connectivity index (χ4v) is 16.5. The van der Waals surface area contributed by atoms with E-state index in [2.05, 4.69) is 29.9 Å². The summed E-state index contributed by atoms with van der Waals surface area (Å²) in [6.45, 7) is 1.83. The third-order valence-electron chi connectivity index (χ3n) is 13.0. The van der Waals surface area contributed by atoms with Crippen LogP contribution in [0, 0.1) is 20.2 Å². The highest BCUT2D eigenvalue weighted by Gasteiger charge is 2.49. The number of nitrogens with zero attached hydrogens (tertiary/aromatic N) is 10. The first kappa shape index (κ1) is 62.5. The van der Waals surface area contributed by atoms with E-state index in [-0.39, 0.29) is 40.6 Å². The molecule has 36 heteroatoms. The molecule has 2 saturated heterocycles. The number of carbonyl (C=O) groups is 4. The van der Waals surface area contributed by atoms with Gasteiger partial charge in [0.15, 0.2) is 40.0 Å². The molecular formula is C46H56N14O18S4+2. The topological polar surface area (TPSA) is 526 Å². The van der Waals surface area contributed by atoms with E-state index in [0.717, 1.165) is 12.1 Å². The molecule has 32 nitrogen and oxygen atoms in total. The molecule has 0 radical (unpaired) electrons. The van der Waals surface area contributed by atoms with Crippen molar-refractivity contribution in [3.63, 3.8) is 0 Å². The van der Waals surface area contributed by atoms with Crippen LogP contribution in [0.2, 0.25) is 0 Å². The zero-order valence-electron chi connectivity index (χ0n) is 42.9. The van der Waals surface area contributed by atoms with Gasteiger partial charge in [0.25, 0.3) is 11.4 Å². The van der Waals surface area contributed by atoms with Crippen LogP contribution in [0.1, 0.15) is 52.9 Å². The molecule has 2 aromatic carbocycles. The number of rotatable bonds is 25. The van der Waals surface area contributed by atoms with Crippen molar-refractivity contribution < 1.29 is 79.4 Å². The summed E-state index contributed by atoms with van der Waals surface area (Å²) < 4.78 is 14.8. The number of benzene rings is 2. The number of aromatic carboxylic acids is 2. The Morgan fingerprint density at radius 3 is 1.57 bits per heavy atom. The summed E-state index contributed by atoms with van der Waals surface area (Å²) in [5, 5.41) is 103. The summed E-state index contributed by atoms with van der Waals surface area (Å²) in [7, 11) is -1.22. The molecule has 0 bridgehead atoms. The van der Waals surface area contributed by atoms with Crippen LogP contribution in [-0.4, -0.2) is 201 Å². The number of aliphatic hydroxyl groups excluding tert-OH is 4. The van der Waals surface area contributed by atoms with Crippen molar-refractivity contribution in [2.75, 3.05) is 46.0 Å². The van der Waals surface area contributed by atoms with E-state index in [1.165, 1.54) is 82.2 Å². The smallest absolute Gasteiger partial charge is 0.342 e. The molecule has 4 aromatic heterocycles. The van der Waals surface area contributed by atoms with Gasteiger partial charge in [-0.05, 0) is 42.1 Å². The molecule has 2 aliphatic rings. The highest BCUT2D eigenvalue weighted by molar-refractivity contribution is 8.15. The molecule has 16 N–H and O–H groups in total. The minimum atomic E-state index is -1.44. The third kappa shape index (κ3) is 14.6. The Morgan fingerprint density at radius 2 is 1.11 bits per heavy atom. The summed E-state index contributed by atoms with van der Waals surface area (Å²) in [4.78, 5) is 91.9. The van der Waals surface area contributed by atoms with Crippen LogP contribution >= 0.6 is 23.5 Å². The maximum Gasteiger partial charge on any atom is 0.342 e. The van der Waals surface area contributed by atoms with Crippen molar-refractivity contribution in [1.82, 2.24) is 39.0 Å². The molecule has 0 spiro atoms. The molecule has 0 saturated carbocycles. The van der Waals surface area contributed by atoms with Crippen LogP contribution in [0.15, 0.2) is 71.5 Å². The number of imidazole rings is 2. The number of carboxylic acids is 4. The molecule has 440 valence electrons. The Morgan fingerprint density at radius 1 is 0.659 bits per heavy atom. The predicted molar refractivity (Wildman–Crippen MR) is 297 cm³/mol. The lowest BCUT2D eigenvalue weighted by molar-refractivity contribution is -0.385. The quantitative estimate of drug-likeness (QED) is 0.0156. The highest BCUT2D eigenvalue weighted by Crippen LogP contribution is 2.38. The van der Waals surface area contributed by atoms with Gasteiger partial charge < -0.3 is 73.3 Å². The zero-order chi connectivity index (χ0) is 59.9.